The lowest BCUT2D eigenvalue weighted by atomic mass is 9.92. The maximum Gasteiger partial charge on any atom is 0.238 e. The van der Waals surface area contributed by atoms with Gasteiger partial charge < -0.3 is 19.7 Å². The minimum atomic E-state index is -0.349. The van der Waals surface area contributed by atoms with Crippen LogP contribution in [0, 0.1) is 5.41 Å². The number of nitrogens with zero attached hydrogens (tertiary/aromatic N) is 1. The van der Waals surface area contributed by atoms with Crippen molar-refractivity contribution in [3.63, 3.8) is 0 Å². The molecule has 1 aromatic carbocycles. The van der Waals surface area contributed by atoms with Crippen LogP contribution in [-0.4, -0.2) is 53.3 Å². The number of carbonyl (C=O) groups excluding carboxylic acids is 2. The van der Waals surface area contributed by atoms with Crippen LogP contribution in [-0.2, 0) is 16.1 Å². The van der Waals surface area contributed by atoms with E-state index in [1.807, 2.05) is 55.6 Å². The number of ether oxygens (including phenoxy) is 2. The third-order valence-electron chi connectivity index (χ3n) is 5.68. The fourth-order valence-corrected chi connectivity index (χ4v) is 5.40. The van der Waals surface area contributed by atoms with Gasteiger partial charge in [0.2, 0.25) is 18.6 Å². The number of hydrogen-bond donors (Lipinski definition) is 2. The first-order valence-electron chi connectivity index (χ1n) is 10.1. The highest BCUT2D eigenvalue weighted by Gasteiger charge is 2.45. The molecule has 158 valence electrons. The van der Waals surface area contributed by atoms with Crippen LogP contribution >= 0.6 is 11.8 Å². The normalized spacial score (nSPS) is 22.7. The number of hydrogen-bond acceptors (Lipinski definition) is 6. The smallest absolute Gasteiger partial charge is 0.238 e. The summed E-state index contributed by atoms with van der Waals surface area (Å²) in [5.41, 5.74) is 0.634. The van der Waals surface area contributed by atoms with Crippen molar-refractivity contribution >= 4 is 23.6 Å². The van der Waals surface area contributed by atoms with Crippen LogP contribution in [0.5, 0.6) is 11.5 Å². The highest BCUT2D eigenvalue weighted by Crippen LogP contribution is 2.40. The van der Waals surface area contributed by atoms with Crippen molar-refractivity contribution in [1.82, 2.24) is 15.5 Å². The summed E-state index contributed by atoms with van der Waals surface area (Å²) >= 11 is 1.81. The highest BCUT2D eigenvalue weighted by molar-refractivity contribution is 8.01. The van der Waals surface area contributed by atoms with Gasteiger partial charge in [-0.2, -0.15) is 0 Å². The van der Waals surface area contributed by atoms with Gasteiger partial charge in [-0.05, 0) is 30.5 Å². The third-order valence-corrected chi connectivity index (χ3v) is 7.26. The largest absolute Gasteiger partial charge is 0.454 e. The van der Waals surface area contributed by atoms with Gasteiger partial charge in [0.05, 0.1) is 10.9 Å². The molecule has 29 heavy (non-hydrogen) atoms. The van der Waals surface area contributed by atoms with E-state index in [0.29, 0.717) is 6.54 Å². The molecule has 7 nitrogen and oxygen atoms in total. The van der Waals surface area contributed by atoms with Crippen molar-refractivity contribution < 1.29 is 19.1 Å². The molecule has 2 N–H and O–H groups in total. The average molecular weight is 420 g/mol. The van der Waals surface area contributed by atoms with Crippen molar-refractivity contribution in [2.24, 2.45) is 5.41 Å². The van der Waals surface area contributed by atoms with Gasteiger partial charge in [-0.1, -0.05) is 26.8 Å². The number of amides is 2. The van der Waals surface area contributed by atoms with E-state index in [4.69, 9.17) is 9.47 Å². The van der Waals surface area contributed by atoms with E-state index < -0.39 is 0 Å². The Balaban J connectivity index is 1.27. The minimum Gasteiger partial charge on any atom is -0.454 e. The first-order chi connectivity index (χ1) is 13.8. The van der Waals surface area contributed by atoms with E-state index in [-0.39, 0.29) is 34.9 Å². The Morgan fingerprint density at radius 2 is 1.97 bits per heavy atom. The summed E-state index contributed by atoms with van der Waals surface area (Å²) in [5, 5.41) is 6.58. The number of thioether (sulfide) groups is 1. The Hall–Kier alpha value is -1.93. The van der Waals surface area contributed by atoms with Crippen LogP contribution in [0.15, 0.2) is 18.2 Å². The second kappa shape index (κ2) is 7.72. The van der Waals surface area contributed by atoms with E-state index in [9.17, 15) is 9.59 Å². The molecule has 2 saturated heterocycles. The molecular weight excluding hydrogens is 390 g/mol. The van der Waals surface area contributed by atoms with Gasteiger partial charge >= 0.3 is 0 Å². The zero-order chi connectivity index (χ0) is 20.6. The van der Waals surface area contributed by atoms with Gasteiger partial charge in [-0.15, -0.1) is 11.8 Å². The number of fused-ring (bicyclic) bond motifs is 1. The van der Waals surface area contributed by atoms with Gasteiger partial charge in [-0.3, -0.25) is 14.9 Å². The SMILES string of the molecule is CC(C)(C)C(=O)N1CCC2(CC1)N[C@@H](C(=O)NCc1ccc3c(c1)OCO3)CS2. The van der Waals surface area contributed by atoms with Crippen LogP contribution < -0.4 is 20.1 Å². The van der Waals surface area contributed by atoms with Crippen molar-refractivity contribution in [2.75, 3.05) is 25.6 Å². The van der Waals surface area contributed by atoms with Crippen molar-refractivity contribution in [3.05, 3.63) is 23.8 Å². The number of nitrogens with one attached hydrogen (secondary N) is 2. The fraction of sp³-hybridized carbons (Fsp3) is 0.619. The number of benzene rings is 1. The summed E-state index contributed by atoms with van der Waals surface area (Å²) in [4.78, 5) is 27.0. The second-order valence-electron chi connectivity index (χ2n) is 8.95. The summed E-state index contributed by atoms with van der Waals surface area (Å²) in [6, 6.07) is 5.51. The van der Waals surface area contributed by atoms with Crippen LogP contribution in [0.4, 0.5) is 0 Å². The maximum absolute atomic E-state index is 12.7. The lowest BCUT2D eigenvalue weighted by Gasteiger charge is -2.41. The number of likely N-dealkylation sites (tertiary alicyclic amines) is 1. The molecular formula is C21H29N3O4S. The zero-order valence-electron chi connectivity index (χ0n) is 17.2. The van der Waals surface area contributed by atoms with Gasteiger partial charge in [0.25, 0.3) is 0 Å². The zero-order valence-corrected chi connectivity index (χ0v) is 18.1. The minimum absolute atomic E-state index is 0.0141. The second-order valence-corrected chi connectivity index (χ2v) is 10.4. The Morgan fingerprint density at radius 3 is 2.69 bits per heavy atom. The summed E-state index contributed by atoms with van der Waals surface area (Å²) in [7, 11) is 0. The average Bonchev–Trinajstić information content (AvgIpc) is 3.32. The van der Waals surface area contributed by atoms with Crippen LogP contribution in [0.25, 0.3) is 0 Å². The van der Waals surface area contributed by atoms with Gasteiger partial charge in [0, 0.05) is 30.8 Å². The summed E-state index contributed by atoms with van der Waals surface area (Å²) in [6.07, 6.45) is 1.73. The predicted octanol–water partition coefficient (Wildman–Crippen LogP) is 2.10. The Kier molecular flexibility index (Phi) is 5.42. The summed E-state index contributed by atoms with van der Waals surface area (Å²) in [6.45, 7) is 8.06. The van der Waals surface area contributed by atoms with Gasteiger partial charge in [0.15, 0.2) is 11.5 Å². The Morgan fingerprint density at radius 1 is 1.24 bits per heavy atom. The molecule has 2 amide bonds. The van der Waals surface area contributed by atoms with Gasteiger partial charge in [0.1, 0.15) is 0 Å². The number of piperidine rings is 1. The molecule has 1 atom stereocenters. The molecule has 0 unspecified atom stereocenters. The van der Waals surface area contributed by atoms with Crippen molar-refractivity contribution in [3.8, 4) is 11.5 Å². The quantitative estimate of drug-likeness (QED) is 0.781. The fourth-order valence-electron chi connectivity index (χ4n) is 3.98. The topological polar surface area (TPSA) is 79.9 Å². The Labute approximate surface area is 175 Å². The van der Waals surface area contributed by atoms with E-state index in [2.05, 4.69) is 10.6 Å². The molecule has 2 fully saturated rings. The maximum atomic E-state index is 12.7. The molecule has 0 aromatic heterocycles. The number of rotatable bonds is 3. The van der Waals surface area contributed by atoms with E-state index >= 15 is 0 Å². The molecule has 0 saturated carbocycles. The molecule has 8 heteroatoms. The molecule has 1 spiro atoms. The van der Waals surface area contributed by atoms with E-state index in [1.54, 1.807) is 0 Å². The predicted molar refractivity (Wildman–Crippen MR) is 112 cm³/mol. The molecule has 0 aliphatic carbocycles. The molecule has 0 bridgehead atoms. The van der Waals surface area contributed by atoms with Crippen molar-refractivity contribution in [1.29, 1.82) is 0 Å². The van der Waals surface area contributed by atoms with Crippen LogP contribution in [0.3, 0.4) is 0 Å². The monoisotopic (exact) mass is 419 g/mol. The Bertz CT molecular complexity index is 800. The summed E-state index contributed by atoms with van der Waals surface area (Å²) < 4.78 is 10.7. The third kappa shape index (κ3) is 4.33. The molecule has 3 aliphatic rings. The molecule has 0 radical (unpaired) electrons. The first kappa shape index (κ1) is 20.3. The standard InChI is InChI=1S/C21H29N3O4S/c1-20(2,3)19(26)24-8-6-21(7-9-24)23-15(12-29-21)18(25)22-11-14-4-5-16-17(10-14)28-13-27-16/h4-5,10,15,23H,6-9,11-13H2,1-3H3,(H,22,25)/t15-/m1/s1. The lowest BCUT2D eigenvalue weighted by molar-refractivity contribution is -0.140. The van der Waals surface area contributed by atoms with Crippen molar-refractivity contribution in [2.45, 2.75) is 51.1 Å². The van der Waals surface area contributed by atoms with Crippen LogP contribution in [0.1, 0.15) is 39.2 Å². The number of carbonyl (C=O) groups is 2. The molecule has 4 rings (SSSR count). The van der Waals surface area contributed by atoms with Crippen LogP contribution in [0.2, 0.25) is 0 Å². The highest BCUT2D eigenvalue weighted by atomic mass is 32.2. The molecule has 3 heterocycles. The van der Waals surface area contributed by atoms with Gasteiger partial charge in [-0.25, -0.2) is 0 Å². The summed E-state index contributed by atoms with van der Waals surface area (Å²) in [5.74, 6) is 2.43. The first-order valence-corrected chi connectivity index (χ1v) is 11.1. The lowest BCUT2D eigenvalue weighted by Crippen LogP contribution is -2.55. The van der Waals surface area contributed by atoms with E-state index in [1.165, 1.54) is 0 Å². The molecule has 1 aromatic rings. The molecule has 3 aliphatic heterocycles. The van der Waals surface area contributed by atoms with E-state index in [0.717, 1.165) is 48.7 Å².